The van der Waals surface area contributed by atoms with Crippen LogP contribution in [0, 0.1) is 0 Å². The van der Waals surface area contributed by atoms with Gasteiger partial charge in [-0.1, -0.05) is 0 Å². The van der Waals surface area contributed by atoms with Crippen LogP contribution in [0.1, 0.15) is 0 Å². The summed E-state index contributed by atoms with van der Waals surface area (Å²) >= 11 is 4.83. The summed E-state index contributed by atoms with van der Waals surface area (Å²) in [5.74, 6) is 0. The van der Waals surface area contributed by atoms with Gasteiger partial charge in [0.25, 0.3) is 0 Å². The van der Waals surface area contributed by atoms with Gasteiger partial charge >= 0.3 is 0 Å². The Hall–Kier alpha value is -0.180. The average molecular weight is 128 g/mol. The van der Waals surface area contributed by atoms with Gasteiger partial charge in [-0.3, -0.25) is 0 Å². The highest BCUT2D eigenvalue weighted by Crippen LogP contribution is 1.59. The van der Waals surface area contributed by atoms with Gasteiger partial charge in [0.2, 0.25) is 0 Å². The van der Waals surface area contributed by atoms with Gasteiger partial charge in [-0.2, -0.15) is 0 Å². The first-order chi connectivity index (χ1) is 3.81. The van der Waals surface area contributed by atoms with Crippen LogP contribution in [0.2, 0.25) is 0 Å². The van der Waals surface area contributed by atoms with Gasteiger partial charge in [-0.05, 0) is 25.1 Å². The molecule has 2 N–H and O–H groups in total. The highest BCUT2D eigenvalue weighted by molar-refractivity contribution is 7.80. The lowest BCUT2D eigenvalue weighted by molar-refractivity contribution is 1.01. The molecule has 0 aromatic rings. The van der Waals surface area contributed by atoms with Crippen molar-refractivity contribution in [3.05, 3.63) is 0 Å². The third-order valence-corrected chi connectivity index (χ3v) is 0.963. The zero-order chi connectivity index (χ0) is 6.41. The van der Waals surface area contributed by atoms with E-state index in [-0.39, 0.29) is 0 Å². The van der Waals surface area contributed by atoms with Gasteiger partial charge in [0.05, 0.1) is 0 Å². The predicted molar refractivity (Wildman–Crippen MR) is 45.7 cm³/mol. The molecule has 0 fully saturated rings. The Labute approximate surface area is 57.2 Å². The van der Waals surface area contributed by atoms with Gasteiger partial charge in [0, 0.05) is 0 Å². The van der Waals surface area contributed by atoms with Crippen LogP contribution in [0.4, 0.5) is 0 Å². The number of hydrogen-bond donors (Lipinski definition) is 2. The average Bonchev–Trinajstić information content (AvgIpc) is 1.68. The van der Waals surface area contributed by atoms with E-state index < -0.39 is 0 Å². The highest BCUT2D eigenvalue weighted by Gasteiger charge is 1.84. The smallest absolute Gasteiger partial charge is 0.164 e. The quantitative estimate of drug-likeness (QED) is 0.321. The minimum atomic E-state index is 0.745. The van der Waals surface area contributed by atoms with Crippen molar-refractivity contribution in [2.24, 2.45) is 0 Å². The summed E-state index contributed by atoms with van der Waals surface area (Å²) in [5, 5.41) is 6.68. The van der Waals surface area contributed by atoms with Gasteiger partial charge in [0.15, 0.2) is 5.11 Å². The first-order valence-electron chi connectivity index (χ1n) is 2.83. The van der Waals surface area contributed by atoms with Crippen molar-refractivity contribution in [3.8, 4) is 0 Å². The summed E-state index contributed by atoms with van der Waals surface area (Å²) in [4.78, 5) is 0. The van der Waals surface area contributed by atoms with Crippen LogP contribution in [0.3, 0.4) is 0 Å². The van der Waals surface area contributed by atoms with Crippen molar-refractivity contribution in [1.82, 2.24) is 10.6 Å². The fourth-order valence-electron chi connectivity index (χ4n) is 0.384. The second kappa shape index (κ2) is 4.97. The third-order valence-electron chi connectivity index (χ3n) is 0.675. The molecular weight excluding hydrogens is 118 g/mol. The maximum absolute atomic E-state index is 4.83. The van der Waals surface area contributed by atoms with Crippen molar-refractivity contribution in [2.75, 3.05) is 12.9 Å². The number of rotatable bonds is 2. The Morgan fingerprint density at radius 3 is 1.88 bits per heavy atom. The van der Waals surface area contributed by atoms with E-state index in [1.54, 1.807) is 0 Å². The molecule has 0 aliphatic carbocycles. The molecular formula is C3H10B2N2S. The topological polar surface area (TPSA) is 24.1 Å². The van der Waals surface area contributed by atoms with Crippen molar-refractivity contribution in [2.45, 2.75) is 0 Å². The first kappa shape index (κ1) is 7.82. The molecule has 0 aromatic carbocycles. The fourth-order valence-corrected chi connectivity index (χ4v) is 0.672. The second-order valence-electron chi connectivity index (χ2n) is 1.39. The summed E-state index contributed by atoms with van der Waals surface area (Å²) in [7, 11) is 4.04. The van der Waals surface area contributed by atoms with Crippen molar-refractivity contribution in [3.63, 3.8) is 0 Å². The van der Waals surface area contributed by atoms with E-state index in [0.717, 1.165) is 18.0 Å². The molecule has 0 aromatic heterocycles. The standard InChI is InChI=1S/C3H10B2N2S/c4-1-6-3(8)7-2-5/h1-2,4-5H2,(H2,6,7,8). The summed E-state index contributed by atoms with van der Waals surface area (Å²) in [6.07, 6.45) is 1.79. The van der Waals surface area contributed by atoms with Gasteiger partial charge in [-0.25, -0.2) is 0 Å². The SMILES string of the molecule is BCNC(=S)NCB. The van der Waals surface area contributed by atoms with Crippen LogP contribution < -0.4 is 10.6 Å². The van der Waals surface area contributed by atoms with Crippen LogP contribution in [-0.4, -0.2) is 33.7 Å². The van der Waals surface area contributed by atoms with E-state index in [2.05, 4.69) is 10.6 Å². The molecule has 44 valence electrons. The fraction of sp³-hybridized carbons (Fsp3) is 0.667. The highest BCUT2D eigenvalue weighted by atomic mass is 32.1. The minimum absolute atomic E-state index is 0.745. The van der Waals surface area contributed by atoms with Crippen LogP contribution in [-0.2, 0) is 0 Å². The summed E-state index contributed by atoms with van der Waals surface area (Å²) < 4.78 is 0. The van der Waals surface area contributed by atoms with E-state index in [0.29, 0.717) is 0 Å². The second-order valence-corrected chi connectivity index (χ2v) is 1.80. The molecule has 0 amide bonds. The lowest BCUT2D eigenvalue weighted by Gasteiger charge is -2.04. The molecule has 0 rings (SSSR count). The Morgan fingerprint density at radius 1 is 1.25 bits per heavy atom. The molecule has 0 unspecified atom stereocenters. The maximum Gasteiger partial charge on any atom is 0.164 e. The van der Waals surface area contributed by atoms with Crippen molar-refractivity contribution >= 4 is 33.0 Å². The normalized spacial score (nSPS) is 8.00. The van der Waals surface area contributed by atoms with Crippen LogP contribution >= 0.6 is 12.2 Å². The molecule has 0 bridgehead atoms. The zero-order valence-electron chi connectivity index (χ0n) is 5.32. The summed E-state index contributed by atoms with van der Waals surface area (Å²) in [5.41, 5.74) is 0. The zero-order valence-corrected chi connectivity index (χ0v) is 6.14. The molecule has 0 atom stereocenters. The van der Waals surface area contributed by atoms with Crippen LogP contribution in [0.15, 0.2) is 0 Å². The lowest BCUT2D eigenvalue weighted by Crippen LogP contribution is -2.36. The molecule has 0 heterocycles. The monoisotopic (exact) mass is 128 g/mol. The summed E-state index contributed by atoms with van der Waals surface area (Å²) in [6.45, 7) is 0. The van der Waals surface area contributed by atoms with Gasteiger partial charge in [-0.15, -0.1) is 0 Å². The van der Waals surface area contributed by atoms with Crippen LogP contribution in [0.5, 0.6) is 0 Å². The molecule has 0 spiro atoms. The molecule has 2 nitrogen and oxygen atoms in total. The van der Waals surface area contributed by atoms with E-state index in [1.165, 1.54) is 0 Å². The molecule has 0 saturated heterocycles. The Bertz CT molecular complexity index is 69.7. The van der Waals surface area contributed by atoms with E-state index in [9.17, 15) is 0 Å². The van der Waals surface area contributed by atoms with E-state index >= 15 is 0 Å². The largest absolute Gasteiger partial charge is 0.371 e. The van der Waals surface area contributed by atoms with E-state index in [1.807, 2.05) is 15.7 Å². The Kier molecular flexibility index (Phi) is 4.85. The van der Waals surface area contributed by atoms with Gasteiger partial charge < -0.3 is 10.6 Å². The molecule has 5 heteroatoms. The maximum atomic E-state index is 4.83. The predicted octanol–water partition coefficient (Wildman–Crippen LogP) is -2.37. The third kappa shape index (κ3) is 3.99. The molecule has 8 heavy (non-hydrogen) atoms. The number of thiocarbonyl (C=S) groups is 1. The van der Waals surface area contributed by atoms with Gasteiger partial charge in [0.1, 0.15) is 15.7 Å². The minimum Gasteiger partial charge on any atom is -0.371 e. The number of nitrogens with one attached hydrogen (secondary N) is 2. The van der Waals surface area contributed by atoms with Crippen molar-refractivity contribution < 1.29 is 0 Å². The molecule has 0 aliphatic rings. The molecule has 0 saturated carbocycles. The molecule has 0 radical (unpaired) electrons. The van der Waals surface area contributed by atoms with Crippen molar-refractivity contribution in [1.29, 1.82) is 0 Å². The molecule has 0 aliphatic heterocycles. The first-order valence-corrected chi connectivity index (χ1v) is 3.23. The van der Waals surface area contributed by atoms with Crippen LogP contribution in [0.25, 0.3) is 0 Å². The Morgan fingerprint density at radius 2 is 1.62 bits per heavy atom. The lowest BCUT2D eigenvalue weighted by atomic mass is 10.1. The van der Waals surface area contributed by atoms with E-state index in [4.69, 9.17) is 12.2 Å². The number of hydrogen-bond acceptors (Lipinski definition) is 1. The Balaban J connectivity index is 3.06. The summed E-state index contributed by atoms with van der Waals surface area (Å²) in [6, 6.07) is 0.